The molecule has 218 valence electrons. The molecule has 1 heterocycles. The van der Waals surface area contributed by atoms with Crippen molar-refractivity contribution in [1.29, 1.82) is 0 Å². The first-order valence-corrected chi connectivity index (χ1v) is 14.0. The zero-order chi connectivity index (χ0) is 29.7. The third kappa shape index (κ3) is 9.21. The molecule has 9 nitrogen and oxygen atoms in total. The number of alkyl carbamates (subject to hydrolysis) is 1. The lowest BCUT2D eigenvalue weighted by molar-refractivity contribution is -0.138. The van der Waals surface area contributed by atoms with E-state index in [4.69, 9.17) is 16.3 Å². The fourth-order valence-corrected chi connectivity index (χ4v) is 4.64. The number of H-pyrrole nitrogens is 1. The van der Waals surface area contributed by atoms with Crippen molar-refractivity contribution >= 4 is 29.5 Å². The minimum absolute atomic E-state index is 0.0621. The molecule has 42 heavy (non-hydrogen) atoms. The van der Waals surface area contributed by atoms with E-state index in [1.54, 1.807) is 18.2 Å². The fraction of sp³-hybridized carbons (Fsp3) is 0.250. The largest absolute Gasteiger partial charge is 0.445 e. The molecule has 10 heteroatoms. The Balaban J connectivity index is 1.45. The number of imidazole rings is 1. The molecule has 3 N–H and O–H groups in total. The Morgan fingerprint density at radius 1 is 0.929 bits per heavy atom. The van der Waals surface area contributed by atoms with Crippen molar-refractivity contribution in [3.05, 3.63) is 125 Å². The zero-order valence-corrected chi connectivity index (χ0v) is 24.1. The van der Waals surface area contributed by atoms with E-state index in [9.17, 15) is 14.4 Å². The van der Waals surface area contributed by atoms with Crippen molar-refractivity contribution in [2.45, 2.75) is 31.9 Å². The lowest BCUT2D eigenvalue weighted by atomic mass is 10.0. The van der Waals surface area contributed by atoms with Crippen LogP contribution in [0, 0.1) is 0 Å². The molecule has 4 rings (SSSR count). The monoisotopic (exact) mass is 587 g/mol. The van der Waals surface area contributed by atoms with Crippen LogP contribution in [-0.2, 0) is 27.5 Å². The molecule has 3 aromatic carbocycles. The molecule has 1 unspecified atom stereocenters. The molecule has 0 fully saturated rings. The number of amides is 3. The summed E-state index contributed by atoms with van der Waals surface area (Å²) in [7, 11) is 0. The molecule has 0 aliphatic heterocycles. The van der Waals surface area contributed by atoms with Crippen molar-refractivity contribution in [3.63, 3.8) is 0 Å². The van der Waals surface area contributed by atoms with Crippen molar-refractivity contribution in [2.24, 2.45) is 0 Å². The van der Waals surface area contributed by atoms with Crippen LogP contribution in [0.4, 0.5) is 4.79 Å². The van der Waals surface area contributed by atoms with E-state index in [0.29, 0.717) is 17.3 Å². The number of ether oxygens (including phenoxy) is 1. The topological polar surface area (TPSA) is 116 Å². The van der Waals surface area contributed by atoms with Crippen LogP contribution in [0.15, 0.2) is 97.5 Å². The normalized spacial score (nSPS) is 12.1. The number of rotatable bonds is 13. The number of benzene rings is 3. The SMILES string of the molecule is CC(CNC(=O)CN(Cc1cccc(Cl)c1)C(=O)[C@@H](CNC(=O)OCc1ccccc1)c1cnc[nH]1)c1ccccc1. The van der Waals surface area contributed by atoms with E-state index in [-0.39, 0.29) is 44.0 Å². The number of halogens is 1. The molecule has 3 amide bonds. The molecule has 4 aromatic rings. The van der Waals surface area contributed by atoms with Gasteiger partial charge < -0.3 is 25.3 Å². The predicted octanol–water partition coefficient (Wildman–Crippen LogP) is 5.02. The Kier molecular flexibility index (Phi) is 11.1. The van der Waals surface area contributed by atoms with E-state index in [0.717, 1.165) is 16.7 Å². The standard InChI is InChI=1S/C32H34ClN5O4/c1-23(26-12-6-3-7-13-26)16-35-30(39)20-38(19-25-11-8-14-27(33)15-25)31(40)28(29-18-34-22-37-29)17-36-32(41)42-21-24-9-4-2-5-10-24/h2-15,18,22-23,28H,16-17,19-21H2,1H3,(H,34,37)(H,35,39)(H,36,41)/t23?,28-/m0/s1. The summed E-state index contributed by atoms with van der Waals surface area (Å²) in [5, 5.41) is 6.16. The lowest BCUT2D eigenvalue weighted by Gasteiger charge is -2.27. The number of aromatic amines is 1. The third-order valence-corrected chi connectivity index (χ3v) is 6.97. The summed E-state index contributed by atoms with van der Waals surface area (Å²) in [6, 6.07) is 26.3. The van der Waals surface area contributed by atoms with Gasteiger partial charge in [-0.2, -0.15) is 0 Å². The summed E-state index contributed by atoms with van der Waals surface area (Å²) in [6.07, 6.45) is 2.33. The number of nitrogens with zero attached hydrogens (tertiary/aromatic N) is 2. The minimum Gasteiger partial charge on any atom is -0.445 e. The summed E-state index contributed by atoms with van der Waals surface area (Å²) in [5.41, 5.74) is 3.21. The Hall–Kier alpha value is -4.63. The van der Waals surface area contributed by atoms with Crippen molar-refractivity contribution < 1.29 is 19.1 Å². The molecule has 0 spiro atoms. The minimum atomic E-state index is -0.841. The maximum Gasteiger partial charge on any atom is 0.407 e. The van der Waals surface area contributed by atoms with Gasteiger partial charge in [0, 0.05) is 36.5 Å². The Bertz CT molecular complexity index is 1430. The van der Waals surface area contributed by atoms with Crippen LogP contribution in [0.3, 0.4) is 0 Å². The Morgan fingerprint density at radius 2 is 1.64 bits per heavy atom. The molecule has 1 aromatic heterocycles. The third-order valence-electron chi connectivity index (χ3n) is 6.74. The van der Waals surface area contributed by atoms with Gasteiger partial charge in [-0.15, -0.1) is 0 Å². The van der Waals surface area contributed by atoms with E-state index in [1.807, 2.05) is 73.7 Å². The molecule has 0 aliphatic rings. The van der Waals surface area contributed by atoms with Crippen molar-refractivity contribution in [1.82, 2.24) is 25.5 Å². The van der Waals surface area contributed by atoms with Gasteiger partial charge in [0.1, 0.15) is 6.61 Å². The zero-order valence-electron chi connectivity index (χ0n) is 23.3. The molecule has 0 saturated heterocycles. The van der Waals surface area contributed by atoms with Crippen LogP contribution in [0.25, 0.3) is 0 Å². The van der Waals surface area contributed by atoms with Gasteiger partial charge in [-0.05, 0) is 34.7 Å². The van der Waals surface area contributed by atoms with Crippen molar-refractivity contribution in [3.8, 4) is 0 Å². The second-order valence-electron chi connectivity index (χ2n) is 9.94. The summed E-state index contributed by atoms with van der Waals surface area (Å²) >= 11 is 6.20. The first-order valence-electron chi connectivity index (χ1n) is 13.7. The lowest BCUT2D eigenvalue weighted by Crippen LogP contribution is -2.45. The molecule has 0 bridgehead atoms. The van der Waals surface area contributed by atoms with Gasteiger partial charge in [-0.1, -0.05) is 91.3 Å². The fourth-order valence-electron chi connectivity index (χ4n) is 4.43. The van der Waals surface area contributed by atoms with Gasteiger partial charge in [-0.25, -0.2) is 9.78 Å². The van der Waals surface area contributed by atoms with E-state index < -0.39 is 12.0 Å². The number of carbonyl (C=O) groups is 3. The van der Waals surface area contributed by atoms with Crippen LogP contribution >= 0.6 is 11.6 Å². The smallest absolute Gasteiger partial charge is 0.407 e. The number of hydrogen-bond donors (Lipinski definition) is 3. The summed E-state index contributed by atoms with van der Waals surface area (Å²) < 4.78 is 5.32. The maximum atomic E-state index is 14.0. The highest BCUT2D eigenvalue weighted by molar-refractivity contribution is 6.30. The van der Waals surface area contributed by atoms with E-state index in [2.05, 4.69) is 20.6 Å². The van der Waals surface area contributed by atoms with Gasteiger partial charge >= 0.3 is 6.09 Å². The second kappa shape index (κ2) is 15.4. The molecular weight excluding hydrogens is 554 g/mol. The highest BCUT2D eigenvalue weighted by atomic mass is 35.5. The Morgan fingerprint density at radius 3 is 2.33 bits per heavy atom. The second-order valence-corrected chi connectivity index (χ2v) is 10.4. The highest BCUT2D eigenvalue weighted by Crippen LogP contribution is 2.20. The Labute approximate surface area is 250 Å². The quantitative estimate of drug-likeness (QED) is 0.203. The summed E-state index contributed by atoms with van der Waals surface area (Å²) in [6.45, 7) is 2.44. The van der Waals surface area contributed by atoms with Gasteiger partial charge in [0.15, 0.2) is 0 Å². The number of hydrogen-bond acceptors (Lipinski definition) is 5. The van der Waals surface area contributed by atoms with Crippen molar-refractivity contribution in [2.75, 3.05) is 19.6 Å². The maximum absolute atomic E-state index is 14.0. The average Bonchev–Trinajstić information content (AvgIpc) is 3.54. The first kappa shape index (κ1) is 30.3. The highest BCUT2D eigenvalue weighted by Gasteiger charge is 2.29. The average molecular weight is 588 g/mol. The van der Waals surface area contributed by atoms with Crippen LogP contribution in [0.2, 0.25) is 5.02 Å². The van der Waals surface area contributed by atoms with Gasteiger partial charge in [0.25, 0.3) is 0 Å². The van der Waals surface area contributed by atoms with Crippen LogP contribution in [0.5, 0.6) is 0 Å². The number of nitrogens with one attached hydrogen (secondary N) is 3. The van der Waals surface area contributed by atoms with Crippen LogP contribution in [0.1, 0.15) is 41.1 Å². The van der Waals surface area contributed by atoms with Crippen LogP contribution in [-0.4, -0.2) is 52.4 Å². The molecule has 0 saturated carbocycles. The van der Waals surface area contributed by atoms with E-state index >= 15 is 0 Å². The van der Waals surface area contributed by atoms with Gasteiger partial charge in [-0.3, -0.25) is 9.59 Å². The molecule has 0 radical (unpaired) electrons. The van der Waals surface area contributed by atoms with Gasteiger partial charge in [0.05, 0.1) is 18.8 Å². The molecule has 0 aliphatic carbocycles. The molecule has 2 atom stereocenters. The summed E-state index contributed by atoms with van der Waals surface area (Å²) in [4.78, 5) is 48.1. The number of aromatic nitrogens is 2. The first-order chi connectivity index (χ1) is 20.4. The van der Waals surface area contributed by atoms with Crippen LogP contribution < -0.4 is 10.6 Å². The van der Waals surface area contributed by atoms with Gasteiger partial charge in [0.2, 0.25) is 11.8 Å². The number of carbonyl (C=O) groups excluding carboxylic acids is 3. The van der Waals surface area contributed by atoms with E-state index in [1.165, 1.54) is 17.4 Å². The predicted molar refractivity (Wildman–Crippen MR) is 161 cm³/mol. The molecular formula is C32H34ClN5O4. The summed E-state index contributed by atoms with van der Waals surface area (Å²) in [5.74, 6) is -1.41.